The Kier molecular flexibility index (Phi) is 5.69. The molecule has 1 atom stereocenters. The zero-order valence-electron chi connectivity index (χ0n) is 8.31. The molecule has 0 saturated carbocycles. The lowest BCUT2D eigenvalue weighted by Crippen LogP contribution is -2.19. The molecule has 0 unspecified atom stereocenters. The highest BCUT2D eigenvalue weighted by molar-refractivity contribution is 9.10. The number of halogens is 3. The lowest BCUT2D eigenvalue weighted by atomic mass is 10.1. The maximum Gasteiger partial charge on any atom is 0.0432 e. The normalized spacial score (nSPS) is 14.0. The molecular formula is C11H12BrCl2N. The maximum absolute atomic E-state index is 5.79. The van der Waals surface area contributed by atoms with Crippen LogP contribution in [0.15, 0.2) is 39.3 Å². The Morgan fingerprint density at radius 3 is 2.93 bits per heavy atom. The first kappa shape index (κ1) is 13.0. The van der Waals surface area contributed by atoms with Crippen LogP contribution >= 0.6 is 39.1 Å². The SMILES string of the molecule is C[C@H](NC/C(Cl)=C/Cl)c1cccc(Br)c1. The second kappa shape index (κ2) is 6.54. The van der Waals surface area contributed by atoms with Crippen LogP contribution in [-0.4, -0.2) is 6.54 Å². The van der Waals surface area contributed by atoms with Crippen LogP contribution in [0.25, 0.3) is 0 Å². The van der Waals surface area contributed by atoms with Crippen molar-refractivity contribution in [2.45, 2.75) is 13.0 Å². The monoisotopic (exact) mass is 307 g/mol. The molecule has 0 spiro atoms. The molecule has 0 saturated heterocycles. The van der Waals surface area contributed by atoms with E-state index in [0.29, 0.717) is 11.6 Å². The van der Waals surface area contributed by atoms with Gasteiger partial charge in [0.1, 0.15) is 0 Å². The van der Waals surface area contributed by atoms with Gasteiger partial charge in [-0.05, 0) is 24.6 Å². The molecule has 4 heteroatoms. The third-order valence-corrected chi connectivity index (χ3v) is 3.16. The number of nitrogens with one attached hydrogen (secondary N) is 1. The van der Waals surface area contributed by atoms with Gasteiger partial charge < -0.3 is 5.32 Å². The van der Waals surface area contributed by atoms with E-state index in [-0.39, 0.29) is 6.04 Å². The Bertz CT molecular complexity index is 352. The van der Waals surface area contributed by atoms with Gasteiger partial charge in [-0.15, -0.1) is 0 Å². The molecule has 1 rings (SSSR count). The third-order valence-electron chi connectivity index (χ3n) is 2.04. The van der Waals surface area contributed by atoms with Crippen molar-refractivity contribution >= 4 is 39.1 Å². The first-order chi connectivity index (χ1) is 7.13. The van der Waals surface area contributed by atoms with Crippen LogP contribution in [0.3, 0.4) is 0 Å². The highest BCUT2D eigenvalue weighted by Crippen LogP contribution is 2.18. The lowest BCUT2D eigenvalue weighted by molar-refractivity contribution is 0.614. The molecule has 0 aliphatic rings. The van der Waals surface area contributed by atoms with E-state index >= 15 is 0 Å². The van der Waals surface area contributed by atoms with Crippen LogP contribution < -0.4 is 5.32 Å². The number of hydrogen-bond donors (Lipinski definition) is 1. The molecule has 1 N–H and O–H groups in total. The molecule has 0 heterocycles. The van der Waals surface area contributed by atoms with E-state index in [4.69, 9.17) is 23.2 Å². The number of rotatable bonds is 4. The molecule has 0 fully saturated rings. The molecule has 0 aliphatic carbocycles. The van der Waals surface area contributed by atoms with Crippen molar-refractivity contribution in [3.63, 3.8) is 0 Å². The van der Waals surface area contributed by atoms with Crippen LogP contribution in [0.2, 0.25) is 0 Å². The first-order valence-corrected chi connectivity index (χ1v) is 6.18. The minimum absolute atomic E-state index is 0.243. The highest BCUT2D eigenvalue weighted by atomic mass is 79.9. The molecule has 0 radical (unpaired) electrons. The predicted molar refractivity (Wildman–Crippen MR) is 70.3 cm³/mol. The predicted octanol–water partition coefficient (Wildman–Crippen LogP) is 4.42. The summed E-state index contributed by atoms with van der Waals surface area (Å²) in [5, 5.41) is 3.88. The van der Waals surface area contributed by atoms with Crippen LogP contribution in [0.4, 0.5) is 0 Å². The summed E-state index contributed by atoms with van der Waals surface area (Å²) in [7, 11) is 0. The van der Waals surface area contributed by atoms with Gasteiger partial charge in [-0.1, -0.05) is 51.3 Å². The summed E-state index contributed by atoms with van der Waals surface area (Å²) in [6.45, 7) is 2.67. The summed E-state index contributed by atoms with van der Waals surface area (Å²) in [5.74, 6) is 0. The zero-order valence-corrected chi connectivity index (χ0v) is 11.4. The van der Waals surface area contributed by atoms with Gasteiger partial charge in [-0.3, -0.25) is 0 Å². The quantitative estimate of drug-likeness (QED) is 0.868. The lowest BCUT2D eigenvalue weighted by Gasteiger charge is -2.13. The van der Waals surface area contributed by atoms with E-state index in [0.717, 1.165) is 4.47 Å². The van der Waals surface area contributed by atoms with Crippen molar-refractivity contribution in [2.24, 2.45) is 0 Å². The third kappa shape index (κ3) is 4.56. The van der Waals surface area contributed by atoms with Crippen LogP contribution in [-0.2, 0) is 0 Å². The van der Waals surface area contributed by atoms with Crippen LogP contribution in [0.5, 0.6) is 0 Å². The van der Waals surface area contributed by atoms with Gasteiger partial charge in [-0.2, -0.15) is 0 Å². The van der Waals surface area contributed by atoms with Crippen LogP contribution in [0.1, 0.15) is 18.5 Å². The molecule has 1 aromatic rings. The van der Waals surface area contributed by atoms with Crippen molar-refractivity contribution < 1.29 is 0 Å². The van der Waals surface area contributed by atoms with Gasteiger partial charge >= 0.3 is 0 Å². The van der Waals surface area contributed by atoms with Crippen molar-refractivity contribution in [1.29, 1.82) is 0 Å². The molecule has 15 heavy (non-hydrogen) atoms. The second-order valence-corrected chi connectivity index (χ2v) is 4.83. The molecule has 0 amide bonds. The smallest absolute Gasteiger partial charge is 0.0432 e. The molecule has 0 aliphatic heterocycles. The van der Waals surface area contributed by atoms with Crippen molar-refractivity contribution in [3.8, 4) is 0 Å². The van der Waals surface area contributed by atoms with Gasteiger partial charge in [0.2, 0.25) is 0 Å². The van der Waals surface area contributed by atoms with E-state index in [1.54, 1.807) is 0 Å². The molecule has 1 aromatic carbocycles. The van der Waals surface area contributed by atoms with Crippen molar-refractivity contribution in [3.05, 3.63) is 44.9 Å². The zero-order chi connectivity index (χ0) is 11.3. The van der Waals surface area contributed by atoms with Gasteiger partial charge in [0, 0.05) is 27.6 Å². The Balaban J connectivity index is 2.57. The summed E-state index contributed by atoms with van der Waals surface area (Å²) in [4.78, 5) is 0. The van der Waals surface area contributed by atoms with Gasteiger partial charge in [0.25, 0.3) is 0 Å². The average Bonchev–Trinajstić information content (AvgIpc) is 2.25. The number of hydrogen-bond acceptors (Lipinski definition) is 1. The minimum Gasteiger partial charge on any atom is -0.305 e. The fraction of sp³-hybridized carbons (Fsp3) is 0.273. The van der Waals surface area contributed by atoms with E-state index in [1.165, 1.54) is 11.1 Å². The van der Waals surface area contributed by atoms with E-state index < -0.39 is 0 Å². The standard InChI is InChI=1S/C11H12BrCl2N/c1-8(15-7-11(14)6-13)9-3-2-4-10(12)5-9/h2-6,8,15H,7H2,1H3/b11-6-/t8-/m0/s1. The molecular weight excluding hydrogens is 297 g/mol. The summed E-state index contributed by atoms with van der Waals surface area (Å²) in [6.07, 6.45) is 0. The molecule has 0 bridgehead atoms. The Morgan fingerprint density at radius 2 is 2.33 bits per heavy atom. The fourth-order valence-corrected chi connectivity index (χ4v) is 1.75. The first-order valence-electron chi connectivity index (χ1n) is 4.57. The topological polar surface area (TPSA) is 12.0 Å². The molecule has 0 aromatic heterocycles. The van der Waals surface area contributed by atoms with Crippen molar-refractivity contribution in [1.82, 2.24) is 5.32 Å². The summed E-state index contributed by atoms with van der Waals surface area (Å²) in [5.41, 5.74) is 2.59. The van der Waals surface area contributed by atoms with E-state index in [2.05, 4.69) is 40.3 Å². The Hall–Kier alpha value is -0.0200. The molecule has 1 nitrogen and oxygen atoms in total. The van der Waals surface area contributed by atoms with Gasteiger partial charge in [0.15, 0.2) is 0 Å². The van der Waals surface area contributed by atoms with E-state index in [1.807, 2.05) is 12.1 Å². The largest absolute Gasteiger partial charge is 0.305 e. The highest BCUT2D eigenvalue weighted by Gasteiger charge is 2.04. The summed E-state index contributed by atoms with van der Waals surface area (Å²) < 4.78 is 1.08. The molecule has 82 valence electrons. The van der Waals surface area contributed by atoms with Gasteiger partial charge in [0.05, 0.1) is 0 Å². The van der Waals surface area contributed by atoms with E-state index in [9.17, 15) is 0 Å². The second-order valence-electron chi connectivity index (χ2n) is 3.21. The minimum atomic E-state index is 0.243. The van der Waals surface area contributed by atoms with Crippen molar-refractivity contribution in [2.75, 3.05) is 6.54 Å². The maximum atomic E-state index is 5.79. The van der Waals surface area contributed by atoms with Crippen LogP contribution in [0, 0.1) is 0 Å². The summed E-state index contributed by atoms with van der Waals surface area (Å²) >= 11 is 14.7. The Morgan fingerprint density at radius 1 is 1.60 bits per heavy atom. The summed E-state index contributed by atoms with van der Waals surface area (Å²) in [6, 6.07) is 8.41. The number of benzene rings is 1. The average molecular weight is 309 g/mol. The van der Waals surface area contributed by atoms with Gasteiger partial charge in [-0.25, -0.2) is 0 Å². The Labute approximate surface area is 109 Å². The fourth-order valence-electron chi connectivity index (χ4n) is 1.18.